The van der Waals surface area contributed by atoms with Gasteiger partial charge in [0.25, 0.3) is 0 Å². The van der Waals surface area contributed by atoms with E-state index in [0.29, 0.717) is 11.1 Å². The van der Waals surface area contributed by atoms with E-state index in [2.05, 4.69) is 57.8 Å². The molecule has 1 aromatic heterocycles. The number of aromatic nitrogens is 2. The van der Waals surface area contributed by atoms with Gasteiger partial charge in [-0.15, -0.1) is 0 Å². The second kappa shape index (κ2) is 37.4. The highest BCUT2D eigenvalue weighted by atomic mass is 16.4. The molecule has 11 amide bonds. The molecule has 1 aliphatic heterocycles. The van der Waals surface area contributed by atoms with E-state index in [1.54, 1.807) is 74.5 Å². The first-order chi connectivity index (χ1) is 45.2. The summed E-state index contributed by atoms with van der Waals surface area (Å²) >= 11 is 0. The van der Waals surface area contributed by atoms with Gasteiger partial charge in [-0.3, -0.25) is 57.5 Å². The van der Waals surface area contributed by atoms with Gasteiger partial charge in [-0.05, 0) is 66.8 Å². The van der Waals surface area contributed by atoms with Gasteiger partial charge >= 0.3 is 11.9 Å². The fourth-order valence-corrected chi connectivity index (χ4v) is 10.1. The second-order valence-electron chi connectivity index (χ2n) is 23.0. The monoisotopic (exact) mass is 1330 g/mol. The first-order valence-electron chi connectivity index (χ1n) is 30.4. The number of aliphatic carboxylic acids is 2. The highest BCUT2D eigenvalue weighted by Gasteiger charge is 2.41. The predicted octanol–water partition coefficient (Wildman–Crippen LogP) is -5.08. The van der Waals surface area contributed by atoms with Crippen molar-refractivity contribution in [1.29, 1.82) is 0 Å². The summed E-state index contributed by atoms with van der Waals surface area (Å²) in [5.41, 5.74) is 13.4. The number of H-pyrrole nitrogens is 1. The SMILES string of the molecule is CC(C)C[C@H](NC(=O)[C@H](CC(N)=O)NC(=O)[C@H](CCC(=O)O)NC(=O)[C@H](Cc1ccccc1)NC(=O)[C@H](Cc1cnc[nH]1)NC(=O)[C@H](CO)NC(=O)[C@@H]1CCCN1C(=O)[C@H](CO)NC(=O)[C@H](CO)NC(=O)[C@H](Cc1ccc(O)cc1)NC(=O)[C@@H](N)Cc1ccccc1)C(=O)O. The molecule has 1 aliphatic rings. The van der Waals surface area contributed by atoms with Crippen molar-refractivity contribution in [2.45, 2.75) is 145 Å². The number of likely N-dealkylation sites (tertiary alicyclic amines) is 1. The number of benzene rings is 3. The maximum absolute atomic E-state index is 14.5. The highest BCUT2D eigenvalue weighted by Crippen LogP contribution is 2.20. The van der Waals surface area contributed by atoms with E-state index in [9.17, 15) is 93.0 Å². The van der Waals surface area contributed by atoms with Crippen LogP contribution >= 0.6 is 0 Å². The molecule has 0 spiro atoms. The standard InChI is InChI=1S/C62H82N14O19/c1-33(2)22-45(62(94)95)72-57(89)44(27-50(64)81)71-53(85)40(19-20-51(82)83)67-54(86)42(24-35-12-7-4-8-13-35)69-56(88)43(26-37-28-65-32-66-37)70-58(90)47(30-78)74-60(92)49-14-9-21-76(49)61(93)48(31-79)75-59(91)46(29-77)73-55(87)41(25-36-15-17-38(80)18-16-36)68-52(84)39(63)23-34-10-5-3-6-11-34/h3-8,10-13,15-18,28,32-33,39-49,77-80H,9,14,19-27,29-31,63H2,1-2H3,(H2,64,81)(H,65,66)(H,67,86)(H,68,84)(H,69,88)(H,70,90)(H,71,85)(H,72,89)(H,73,87)(H,74,92)(H,75,91)(H,82,83)(H,94,95)/t39-,40-,41-,42-,43-,44-,45-,46-,47-,48-,49-/m0/s1. The number of hydrogen-bond donors (Lipinski definition) is 18. The van der Waals surface area contributed by atoms with Crippen molar-refractivity contribution in [3.63, 3.8) is 0 Å². The van der Waals surface area contributed by atoms with Crippen LogP contribution in [0.15, 0.2) is 97.5 Å². The van der Waals surface area contributed by atoms with E-state index in [1.165, 1.54) is 36.8 Å². The Morgan fingerprint density at radius 3 is 1.49 bits per heavy atom. The Morgan fingerprint density at radius 2 is 0.989 bits per heavy atom. The summed E-state index contributed by atoms with van der Waals surface area (Å²) in [6.07, 6.45) is -0.337. The molecule has 11 atom stereocenters. The van der Waals surface area contributed by atoms with Gasteiger partial charge in [0.2, 0.25) is 65.0 Å². The predicted molar refractivity (Wildman–Crippen MR) is 334 cm³/mol. The Bertz CT molecular complexity index is 3290. The zero-order valence-electron chi connectivity index (χ0n) is 52.1. The molecule has 4 aromatic rings. The minimum atomic E-state index is -1.84. The number of primary amides is 1. The van der Waals surface area contributed by atoms with Crippen LogP contribution in [0.3, 0.4) is 0 Å². The van der Waals surface area contributed by atoms with Crippen molar-refractivity contribution in [1.82, 2.24) is 62.7 Å². The molecule has 2 heterocycles. The first kappa shape index (κ1) is 75.3. The minimum Gasteiger partial charge on any atom is -0.508 e. The zero-order valence-corrected chi connectivity index (χ0v) is 52.1. The summed E-state index contributed by atoms with van der Waals surface area (Å²) in [7, 11) is 0. The Hall–Kier alpha value is -10.4. The summed E-state index contributed by atoms with van der Waals surface area (Å²) in [5.74, 6) is -14.8. The average Bonchev–Trinajstić information content (AvgIpc) is 1.78. The number of carbonyl (C=O) groups is 13. The molecule has 514 valence electrons. The average molecular weight is 1330 g/mol. The van der Waals surface area contributed by atoms with Crippen LogP contribution in [-0.4, -0.2) is 215 Å². The number of amides is 11. The molecule has 33 heteroatoms. The Balaban J connectivity index is 1.29. The molecule has 0 aliphatic carbocycles. The number of carbonyl (C=O) groups excluding carboxylic acids is 11. The molecule has 20 N–H and O–H groups in total. The lowest BCUT2D eigenvalue weighted by Crippen LogP contribution is -2.62. The van der Waals surface area contributed by atoms with Crippen molar-refractivity contribution in [2.24, 2.45) is 17.4 Å². The molecule has 1 saturated heterocycles. The molecule has 5 rings (SSSR count). The van der Waals surface area contributed by atoms with E-state index >= 15 is 0 Å². The smallest absolute Gasteiger partial charge is 0.326 e. The molecule has 0 unspecified atom stereocenters. The van der Waals surface area contributed by atoms with Gasteiger partial charge in [-0.2, -0.15) is 0 Å². The summed E-state index contributed by atoms with van der Waals surface area (Å²) in [6, 6.07) is 4.78. The summed E-state index contributed by atoms with van der Waals surface area (Å²) < 4.78 is 0. The molecular weight excluding hydrogens is 1240 g/mol. The van der Waals surface area contributed by atoms with Gasteiger partial charge in [-0.1, -0.05) is 86.6 Å². The zero-order chi connectivity index (χ0) is 69.9. The van der Waals surface area contributed by atoms with E-state index in [-0.39, 0.29) is 68.9 Å². The van der Waals surface area contributed by atoms with Crippen LogP contribution in [0.2, 0.25) is 0 Å². The number of phenols is 1. The lowest BCUT2D eigenvalue weighted by atomic mass is 10.0. The number of nitrogens with two attached hydrogens (primary N) is 2. The molecule has 0 bridgehead atoms. The highest BCUT2D eigenvalue weighted by molar-refractivity contribution is 6.00. The van der Waals surface area contributed by atoms with Crippen molar-refractivity contribution in [3.8, 4) is 5.75 Å². The summed E-state index contributed by atoms with van der Waals surface area (Å²) in [6.45, 7) is 0.0337. The maximum atomic E-state index is 14.5. The van der Waals surface area contributed by atoms with Crippen LogP contribution in [0, 0.1) is 5.92 Å². The van der Waals surface area contributed by atoms with Crippen molar-refractivity contribution >= 4 is 76.9 Å². The lowest BCUT2D eigenvalue weighted by Gasteiger charge is -2.30. The lowest BCUT2D eigenvalue weighted by molar-refractivity contribution is -0.143. The molecule has 0 saturated carbocycles. The number of aliphatic hydroxyl groups excluding tert-OH is 3. The largest absolute Gasteiger partial charge is 0.508 e. The number of carboxylic acid groups (broad SMARTS) is 2. The Morgan fingerprint density at radius 1 is 0.547 bits per heavy atom. The second-order valence-corrected chi connectivity index (χ2v) is 23.0. The van der Waals surface area contributed by atoms with E-state index in [4.69, 9.17) is 11.5 Å². The van der Waals surface area contributed by atoms with Gasteiger partial charge in [0.15, 0.2) is 0 Å². The number of nitrogens with zero attached hydrogens (tertiary/aromatic N) is 2. The number of nitrogens with one attached hydrogen (secondary N) is 10. The van der Waals surface area contributed by atoms with Gasteiger partial charge in [-0.25, -0.2) is 9.78 Å². The van der Waals surface area contributed by atoms with Crippen LogP contribution < -0.4 is 59.3 Å². The number of phenolic OH excluding ortho intramolecular Hbond substituents is 1. The third-order valence-corrected chi connectivity index (χ3v) is 15.1. The third-order valence-electron chi connectivity index (χ3n) is 15.1. The van der Waals surface area contributed by atoms with E-state index < -0.39 is 182 Å². The summed E-state index contributed by atoms with van der Waals surface area (Å²) in [5, 5.41) is 81.9. The topological polar surface area (TPSA) is 536 Å². The van der Waals surface area contributed by atoms with Crippen LogP contribution in [0.25, 0.3) is 0 Å². The molecular formula is C62H82N14O19. The number of aromatic amines is 1. The number of aliphatic hydroxyl groups is 3. The van der Waals surface area contributed by atoms with Crippen molar-refractivity contribution in [2.75, 3.05) is 26.4 Å². The number of rotatable bonds is 38. The number of imidazole rings is 1. The normalized spacial score (nSPS) is 15.9. The molecule has 1 fully saturated rings. The van der Waals surface area contributed by atoms with Gasteiger partial charge in [0, 0.05) is 44.1 Å². The molecule has 0 radical (unpaired) electrons. The number of carboxylic acids is 2. The quantitative estimate of drug-likeness (QED) is 0.0200. The molecule has 33 nitrogen and oxygen atoms in total. The van der Waals surface area contributed by atoms with Crippen LogP contribution in [0.4, 0.5) is 0 Å². The minimum absolute atomic E-state index is 0.0363. The van der Waals surface area contributed by atoms with Crippen molar-refractivity contribution < 1.29 is 93.0 Å². The Kier molecular flexibility index (Phi) is 29.6. The fourth-order valence-electron chi connectivity index (χ4n) is 10.1. The van der Waals surface area contributed by atoms with Gasteiger partial charge in [0.1, 0.15) is 66.2 Å². The van der Waals surface area contributed by atoms with Crippen LogP contribution in [0.1, 0.15) is 74.8 Å². The van der Waals surface area contributed by atoms with E-state index in [1.807, 2.05) is 0 Å². The van der Waals surface area contributed by atoms with Gasteiger partial charge < -0.3 is 99.8 Å². The summed E-state index contributed by atoms with van der Waals surface area (Å²) in [4.78, 5) is 183. The maximum Gasteiger partial charge on any atom is 0.326 e. The molecule has 3 aromatic carbocycles. The van der Waals surface area contributed by atoms with Gasteiger partial charge in [0.05, 0.1) is 38.6 Å². The fraction of sp³-hybridized carbons (Fsp3) is 0.452. The first-order valence-corrected chi connectivity index (χ1v) is 30.4. The molecule has 95 heavy (non-hydrogen) atoms. The van der Waals surface area contributed by atoms with Crippen molar-refractivity contribution in [3.05, 3.63) is 120 Å². The van der Waals surface area contributed by atoms with E-state index in [0.717, 1.165) is 10.5 Å². The van der Waals surface area contributed by atoms with Crippen LogP contribution in [0.5, 0.6) is 5.75 Å². The van der Waals surface area contributed by atoms with Crippen LogP contribution in [-0.2, 0) is 88.0 Å². The third kappa shape index (κ3) is 24.2. The number of aromatic hydroxyl groups is 1. The Labute approximate surface area is 544 Å². The number of hydrogen-bond acceptors (Lipinski definition) is 19.